The fraction of sp³-hybridized carbons (Fsp3) is 0.154. The molecule has 0 aliphatic carbocycles. The minimum Gasteiger partial charge on any atom is -0.459 e. The van der Waals surface area contributed by atoms with Crippen molar-refractivity contribution in [3.63, 3.8) is 0 Å². The lowest BCUT2D eigenvalue weighted by atomic mass is 10.2. The van der Waals surface area contributed by atoms with Crippen LogP contribution in [0, 0.1) is 13.8 Å². The number of furan rings is 1. The van der Waals surface area contributed by atoms with E-state index in [0.717, 1.165) is 16.8 Å². The lowest BCUT2D eigenvalue weighted by Gasteiger charge is -2.03. The van der Waals surface area contributed by atoms with Gasteiger partial charge in [0.1, 0.15) is 0 Å². The molecule has 2 rings (SSSR count). The molecule has 0 radical (unpaired) electrons. The zero-order chi connectivity index (χ0) is 11.5. The van der Waals surface area contributed by atoms with Crippen LogP contribution in [0.15, 0.2) is 41.0 Å². The predicted molar refractivity (Wildman–Crippen MR) is 62.6 cm³/mol. The average molecular weight is 215 g/mol. The largest absolute Gasteiger partial charge is 0.459 e. The number of benzene rings is 1. The molecule has 3 heteroatoms. The Morgan fingerprint density at radius 1 is 1.19 bits per heavy atom. The standard InChI is InChI=1S/C13H13NO2/c1-9-4-3-5-11(6-9)14-13(15)12-7-10(2)8-16-12/h3-8H,1-2H3,(H,14,15). The molecular weight excluding hydrogens is 202 g/mol. The van der Waals surface area contributed by atoms with Gasteiger partial charge in [0.25, 0.3) is 5.91 Å². The van der Waals surface area contributed by atoms with Gasteiger partial charge in [-0.25, -0.2) is 0 Å². The molecule has 0 saturated heterocycles. The first-order chi connectivity index (χ1) is 7.65. The van der Waals surface area contributed by atoms with Crippen molar-refractivity contribution in [2.24, 2.45) is 0 Å². The maximum absolute atomic E-state index is 11.7. The molecule has 1 heterocycles. The fourth-order valence-corrected chi connectivity index (χ4v) is 1.47. The molecule has 1 amide bonds. The van der Waals surface area contributed by atoms with E-state index in [4.69, 9.17) is 4.42 Å². The van der Waals surface area contributed by atoms with Crippen molar-refractivity contribution in [3.8, 4) is 0 Å². The van der Waals surface area contributed by atoms with Crippen LogP contribution in [0.2, 0.25) is 0 Å². The van der Waals surface area contributed by atoms with Crippen molar-refractivity contribution in [3.05, 3.63) is 53.5 Å². The SMILES string of the molecule is Cc1cccc(NC(=O)c2cc(C)co2)c1. The Morgan fingerprint density at radius 3 is 2.62 bits per heavy atom. The van der Waals surface area contributed by atoms with Gasteiger partial charge in [0.15, 0.2) is 5.76 Å². The molecule has 0 aliphatic rings. The molecule has 2 aromatic rings. The highest BCUT2D eigenvalue weighted by Crippen LogP contribution is 2.12. The first-order valence-electron chi connectivity index (χ1n) is 5.08. The maximum Gasteiger partial charge on any atom is 0.291 e. The molecule has 3 nitrogen and oxygen atoms in total. The third-order valence-corrected chi connectivity index (χ3v) is 2.23. The summed E-state index contributed by atoms with van der Waals surface area (Å²) in [6.45, 7) is 3.86. The summed E-state index contributed by atoms with van der Waals surface area (Å²) >= 11 is 0. The van der Waals surface area contributed by atoms with Gasteiger partial charge in [0.05, 0.1) is 6.26 Å². The second kappa shape index (κ2) is 4.23. The first kappa shape index (κ1) is 10.5. The zero-order valence-corrected chi connectivity index (χ0v) is 9.28. The number of nitrogens with one attached hydrogen (secondary N) is 1. The normalized spacial score (nSPS) is 10.1. The van der Waals surface area contributed by atoms with E-state index >= 15 is 0 Å². The van der Waals surface area contributed by atoms with Crippen LogP contribution in [0.25, 0.3) is 0 Å². The number of rotatable bonds is 2. The van der Waals surface area contributed by atoms with E-state index in [1.165, 1.54) is 0 Å². The van der Waals surface area contributed by atoms with Gasteiger partial charge in [0.2, 0.25) is 0 Å². The highest BCUT2D eigenvalue weighted by Gasteiger charge is 2.09. The van der Waals surface area contributed by atoms with E-state index in [0.29, 0.717) is 5.76 Å². The second-order valence-electron chi connectivity index (χ2n) is 3.81. The Kier molecular flexibility index (Phi) is 2.77. The van der Waals surface area contributed by atoms with Crippen molar-refractivity contribution in [1.82, 2.24) is 0 Å². The molecule has 0 atom stereocenters. The minimum atomic E-state index is -0.223. The summed E-state index contributed by atoms with van der Waals surface area (Å²) < 4.78 is 5.12. The quantitative estimate of drug-likeness (QED) is 0.836. The Morgan fingerprint density at radius 2 is 2.00 bits per heavy atom. The molecule has 1 N–H and O–H groups in total. The molecule has 0 bridgehead atoms. The minimum absolute atomic E-state index is 0.223. The average Bonchev–Trinajstić information content (AvgIpc) is 2.65. The number of hydrogen-bond acceptors (Lipinski definition) is 2. The fourth-order valence-electron chi connectivity index (χ4n) is 1.47. The lowest BCUT2D eigenvalue weighted by molar-refractivity contribution is 0.0996. The molecule has 1 aromatic heterocycles. The Bertz CT molecular complexity index is 514. The number of amides is 1. The van der Waals surface area contributed by atoms with Crippen LogP contribution in [0.1, 0.15) is 21.7 Å². The van der Waals surface area contributed by atoms with Crippen molar-refractivity contribution in [1.29, 1.82) is 0 Å². The third-order valence-electron chi connectivity index (χ3n) is 2.23. The van der Waals surface area contributed by atoms with Crippen LogP contribution in [0.3, 0.4) is 0 Å². The van der Waals surface area contributed by atoms with Crippen LogP contribution in [-0.4, -0.2) is 5.91 Å². The summed E-state index contributed by atoms with van der Waals surface area (Å²) in [5.74, 6) is 0.109. The highest BCUT2D eigenvalue weighted by molar-refractivity contribution is 6.02. The molecule has 16 heavy (non-hydrogen) atoms. The van der Waals surface area contributed by atoms with E-state index in [9.17, 15) is 4.79 Å². The number of carbonyl (C=O) groups excluding carboxylic acids is 1. The molecule has 0 saturated carbocycles. The number of hydrogen-bond donors (Lipinski definition) is 1. The summed E-state index contributed by atoms with van der Waals surface area (Å²) in [6, 6.07) is 9.35. The lowest BCUT2D eigenvalue weighted by Crippen LogP contribution is -2.10. The van der Waals surface area contributed by atoms with E-state index in [2.05, 4.69) is 5.32 Å². The van der Waals surface area contributed by atoms with Gasteiger partial charge in [0, 0.05) is 5.69 Å². The highest BCUT2D eigenvalue weighted by atomic mass is 16.3. The van der Waals surface area contributed by atoms with Gasteiger partial charge in [-0.1, -0.05) is 12.1 Å². The Labute approximate surface area is 94.1 Å². The molecular formula is C13H13NO2. The van der Waals surface area contributed by atoms with Crippen molar-refractivity contribution in [2.75, 3.05) is 5.32 Å². The van der Waals surface area contributed by atoms with Crippen molar-refractivity contribution in [2.45, 2.75) is 13.8 Å². The predicted octanol–water partition coefficient (Wildman–Crippen LogP) is 3.15. The van der Waals surface area contributed by atoms with Gasteiger partial charge in [-0.15, -0.1) is 0 Å². The van der Waals surface area contributed by atoms with Gasteiger partial charge in [-0.3, -0.25) is 4.79 Å². The van der Waals surface area contributed by atoms with Crippen molar-refractivity contribution >= 4 is 11.6 Å². The van der Waals surface area contributed by atoms with Crippen LogP contribution in [0.5, 0.6) is 0 Å². The van der Waals surface area contributed by atoms with Gasteiger partial charge >= 0.3 is 0 Å². The van der Waals surface area contributed by atoms with Crippen LogP contribution < -0.4 is 5.32 Å². The number of aryl methyl sites for hydroxylation is 2. The molecule has 0 aliphatic heterocycles. The Hall–Kier alpha value is -2.03. The summed E-state index contributed by atoms with van der Waals surface area (Å²) in [6.07, 6.45) is 1.56. The first-order valence-corrected chi connectivity index (χ1v) is 5.08. The smallest absolute Gasteiger partial charge is 0.291 e. The zero-order valence-electron chi connectivity index (χ0n) is 9.28. The number of carbonyl (C=O) groups is 1. The summed E-state index contributed by atoms with van der Waals surface area (Å²) in [7, 11) is 0. The van der Waals surface area contributed by atoms with Crippen LogP contribution in [0.4, 0.5) is 5.69 Å². The van der Waals surface area contributed by atoms with E-state index in [-0.39, 0.29) is 5.91 Å². The van der Waals surface area contributed by atoms with E-state index in [1.54, 1.807) is 12.3 Å². The summed E-state index contributed by atoms with van der Waals surface area (Å²) in [4.78, 5) is 11.7. The van der Waals surface area contributed by atoms with Crippen molar-refractivity contribution < 1.29 is 9.21 Å². The topological polar surface area (TPSA) is 42.2 Å². The monoisotopic (exact) mass is 215 g/mol. The molecule has 1 aromatic carbocycles. The van der Waals surface area contributed by atoms with E-state index in [1.807, 2.05) is 38.1 Å². The third kappa shape index (κ3) is 2.31. The summed E-state index contributed by atoms with van der Waals surface area (Å²) in [5.41, 5.74) is 2.82. The molecule has 82 valence electrons. The van der Waals surface area contributed by atoms with E-state index < -0.39 is 0 Å². The van der Waals surface area contributed by atoms with Gasteiger partial charge in [-0.2, -0.15) is 0 Å². The Balaban J connectivity index is 2.13. The number of anilines is 1. The molecule has 0 spiro atoms. The van der Waals surface area contributed by atoms with Gasteiger partial charge in [-0.05, 0) is 43.2 Å². The van der Waals surface area contributed by atoms with Crippen LogP contribution >= 0.6 is 0 Å². The summed E-state index contributed by atoms with van der Waals surface area (Å²) in [5, 5.41) is 2.78. The second-order valence-corrected chi connectivity index (χ2v) is 3.81. The van der Waals surface area contributed by atoms with Gasteiger partial charge < -0.3 is 9.73 Å². The molecule has 0 fully saturated rings. The van der Waals surface area contributed by atoms with Crippen LogP contribution in [-0.2, 0) is 0 Å². The maximum atomic E-state index is 11.7. The molecule has 0 unspecified atom stereocenters.